The van der Waals surface area contributed by atoms with Gasteiger partial charge in [0, 0.05) is 6.42 Å². The number of carboxylic acid groups (broad SMARTS) is 2. The fourth-order valence-electron chi connectivity index (χ4n) is 3.03. The molecule has 0 radical (unpaired) electrons. The van der Waals surface area contributed by atoms with Crippen molar-refractivity contribution in [2.45, 2.75) is 56.5 Å². The molecule has 0 aliphatic carbocycles. The number of aromatic hydroxyl groups is 1. The van der Waals surface area contributed by atoms with Crippen molar-refractivity contribution in [1.82, 2.24) is 16.0 Å². The second-order valence-electron chi connectivity index (χ2n) is 8.04. The highest BCUT2D eigenvalue weighted by Gasteiger charge is 2.33. The van der Waals surface area contributed by atoms with Crippen LogP contribution in [0.1, 0.15) is 25.3 Å². The van der Waals surface area contributed by atoms with Crippen LogP contribution in [0.25, 0.3) is 0 Å². The van der Waals surface area contributed by atoms with Gasteiger partial charge in [-0.05, 0) is 43.0 Å². The molecule has 9 N–H and O–H groups in total. The molecule has 0 bridgehead atoms. The summed E-state index contributed by atoms with van der Waals surface area (Å²) < 4.78 is 0. The lowest BCUT2D eigenvalue weighted by atomic mass is 10.0. The smallest absolute Gasteiger partial charge is 0.326 e. The van der Waals surface area contributed by atoms with Crippen molar-refractivity contribution in [1.29, 1.82) is 0 Å². The predicted molar refractivity (Wildman–Crippen MR) is 130 cm³/mol. The highest BCUT2D eigenvalue weighted by Crippen LogP contribution is 2.12. The molecule has 14 heteroatoms. The lowest BCUT2D eigenvalue weighted by Gasteiger charge is -2.26. The first-order valence-corrected chi connectivity index (χ1v) is 12.3. The van der Waals surface area contributed by atoms with Crippen molar-refractivity contribution < 1.29 is 44.4 Å². The number of nitrogens with one attached hydrogen (secondary N) is 3. The summed E-state index contributed by atoms with van der Waals surface area (Å²) >= 11 is 1.45. The first-order valence-electron chi connectivity index (χ1n) is 10.9. The number of aliphatic hydroxyl groups is 1. The molecule has 200 valence electrons. The number of phenolic OH excluding ortho intramolecular Hbond substituents is 1. The van der Waals surface area contributed by atoms with Crippen LogP contribution in [-0.4, -0.2) is 92.4 Å². The summed E-state index contributed by atoms with van der Waals surface area (Å²) in [5.41, 5.74) is 6.24. The highest BCUT2D eigenvalue weighted by molar-refractivity contribution is 7.98. The van der Waals surface area contributed by atoms with Crippen molar-refractivity contribution >= 4 is 41.4 Å². The molecule has 0 heterocycles. The van der Waals surface area contributed by atoms with Gasteiger partial charge in [0.05, 0.1) is 18.6 Å². The number of carbonyl (C=O) groups excluding carboxylic acids is 3. The van der Waals surface area contributed by atoms with Crippen LogP contribution in [0.3, 0.4) is 0 Å². The summed E-state index contributed by atoms with van der Waals surface area (Å²) in [7, 11) is 0. The summed E-state index contributed by atoms with van der Waals surface area (Å²) in [6, 6.07) is -0.0626. The average Bonchev–Trinajstić information content (AvgIpc) is 2.80. The van der Waals surface area contributed by atoms with Crippen molar-refractivity contribution in [2.24, 2.45) is 5.73 Å². The molecule has 5 atom stereocenters. The second-order valence-corrected chi connectivity index (χ2v) is 9.03. The minimum Gasteiger partial charge on any atom is -0.508 e. The van der Waals surface area contributed by atoms with E-state index in [1.165, 1.54) is 43.0 Å². The standard InChI is InChI=1S/C22H32N4O9S/c1-11(27)18(21(33)25-16(22(34)35)9-12-3-5-13(28)6-4-12)26-20(32)15(10-17(29)30)24-19(31)14(23)7-8-36-2/h3-6,11,14-16,18,27-28H,7-10,23H2,1-2H3,(H,24,31)(H,25,33)(H,26,32)(H,29,30)(H,34,35). The molecule has 0 aliphatic rings. The van der Waals surface area contributed by atoms with E-state index in [-0.39, 0.29) is 18.6 Å². The van der Waals surface area contributed by atoms with Crippen LogP contribution in [0.5, 0.6) is 5.75 Å². The van der Waals surface area contributed by atoms with Crippen LogP contribution < -0.4 is 21.7 Å². The van der Waals surface area contributed by atoms with E-state index in [1.54, 1.807) is 0 Å². The zero-order valence-corrected chi connectivity index (χ0v) is 20.7. The number of carbonyl (C=O) groups is 5. The monoisotopic (exact) mass is 528 g/mol. The minimum absolute atomic E-state index is 0.0280. The Bertz CT molecular complexity index is 927. The van der Waals surface area contributed by atoms with Gasteiger partial charge in [-0.25, -0.2) is 4.79 Å². The maximum Gasteiger partial charge on any atom is 0.326 e. The Hall–Kier alpha value is -3.36. The molecule has 1 aromatic carbocycles. The summed E-state index contributed by atoms with van der Waals surface area (Å²) in [6.45, 7) is 1.17. The number of rotatable bonds is 15. The molecule has 0 spiro atoms. The van der Waals surface area contributed by atoms with Gasteiger partial charge in [0.1, 0.15) is 23.9 Å². The van der Waals surface area contributed by atoms with Crippen LogP contribution in [0.4, 0.5) is 0 Å². The zero-order valence-electron chi connectivity index (χ0n) is 19.8. The molecular weight excluding hydrogens is 496 g/mol. The van der Waals surface area contributed by atoms with Crippen molar-refractivity contribution in [3.63, 3.8) is 0 Å². The van der Waals surface area contributed by atoms with Crippen molar-refractivity contribution in [2.75, 3.05) is 12.0 Å². The van der Waals surface area contributed by atoms with Crippen LogP contribution in [0, 0.1) is 0 Å². The van der Waals surface area contributed by atoms with E-state index in [1.807, 2.05) is 6.26 Å². The summed E-state index contributed by atoms with van der Waals surface area (Å²) in [5, 5.41) is 44.7. The van der Waals surface area contributed by atoms with Crippen LogP contribution in [0.2, 0.25) is 0 Å². The molecule has 13 nitrogen and oxygen atoms in total. The molecule has 0 saturated carbocycles. The Kier molecular flexibility index (Phi) is 12.7. The summed E-state index contributed by atoms with van der Waals surface area (Å²) in [6.07, 6.45) is -0.383. The van der Waals surface area contributed by atoms with E-state index < -0.39 is 66.4 Å². The Balaban J connectivity index is 2.96. The van der Waals surface area contributed by atoms with E-state index in [0.29, 0.717) is 11.3 Å². The average molecular weight is 529 g/mol. The van der Waals surface area contributed by atoms with Gasteiger partial charge in [0.25, 0.3) is 0 Å². The maximum absolute atomic E-state index is 12.8. The van der Waals surface area contributed by atoms with Gasteiger partial charge in [0.2, 0.25) is 17.7 Å². The SMILES string of the molecule is CSCCC(N)C(=O)NC(CC(=O)O)C(=O)NC(C(=O)NC(Cc1ccc(O)cc1)C(=O)O)C(C)O. The molecule has 0 aromatic heterocycles. The predicted octanol–water partition coefficient (Wildman–Crippen LogP) is -1.59. The number of nitrogens with two attached hydrogens (primary N) is 1. The third-order valence-corrected chi connectivity index (χ3v) is 5.68. The lowest BCUT2D eigenvalue weighted by Crippen LogP contribution is -2.60. The van der Waals surface area contributed by atoms with Crippen LogP contribution >= 0.6 is 11.8 Å². The molecule has 0 fully saturated rings. The molecule has 1 rings (SSSR count). The van der Waals surface area contributed by atoms with Gasteiger partial charge in [-0.15, -0.1) is 0 Å². The number of benzene rings is 1. The maximum atomic E-state index is 12.8. The fourth-order valence-corrected chi connectivity index (χ4v) is 3.52. The number of hydrogen-bond acceptors (Lipinski definition) is 9. The first kappa shape index (κ1) is 30.7. The number of aliphatic hydroxyl groups excluding tert-OH is 1. The third kappa shape index (κ3) is 10.5. The fraction of sp³-hybridized carbons (Fsp3) is 0.500. The minimum atomic E-state index is -1.66. The number of phenols is 1. The Labute approximate surface area is 211 Å². The largest absolute Gasteiger partial charge is 0.508 e. The van der Waals surface area contributed by atoms with Gasteiger partial charge in [-0.1, -0.05) is 12.1 Å². The normalized spacial score (nSPS) is 15.0. The van der Waals surface area contributed by atoms with Gasteiger partial charge >= 0.3 is 11.9 Å². The topological polar surface area (TPSA) is 228 Å². The number of hydrogen-bond donors (Lipinski definition) is 8. The summed E-state index contributed by atoms with van der Waals surface area (Å²) in [5.74, 6) is -5.14. The number of amides is 3. The van der Waals surface area contributed by atoms with E-state index in [4.69, 9.17) is 10.8 Å². The molecule has 5 unspecified atom stereocenters. The van der Waals surface area contributed by atoms with Gasteiger partial charge in [0.15, 0.2) is 0 Å². The Morgan fingerprint density at radius 2 is 1.53 bits per heavy atom. The number of aliphatic carboxylic acids is 2. The highest BCUT2D eigenvalue weighted by atomic mass is 32.2. The van der Waals surface area contributed by atoms with Gasteiger partial charge < -0.3 is 42.1 Å². The van der Waals surface area contributed by atoms with E-state index in [2.05, 4.69) is 16.0 Å². The molecule has 0 saturated heterocycles. The van der Waals surface area contributed by atoms with Crippen LogP contribution in [0.15, 0.2) is 24.3 Å². The van der Waals surface area contributed by atoms with Crippen molar-refractivity contribution in [3.8, 4) is 5.75 Å². The van der Waals surface area contributed by atoms with Gasteiger partial charge in [-0.3, -0.25) is 19.2 Å². The summed E-state index contributed by atoms with van der Waals surface area (Å²) in [4.78, 5) is 60.7. The quantitative estimate of drug-likeness (QED) is 0.129. The third-order valence-electron chi connectivity index (χ3n) is 5.03. The molecular formula is C22H32N4O9S. The Morgan fingerprint density at radius 3 is 2.03 bits per heavy atom. The molecule has 0 aliphatic heterocycles. The number of carboxylic acids is 2. The molecule has 36 heavy (non-hydrogen) atoms. The Morgan fingerprint density at radius 1 is 0.944 bits per heavy atom. The van der Waals surface area contributed by atoms with Gasteiger partial charge in [-0.2, -0.15) is 11.8 Å². The zero-order chi connectivity index (χ0) is 27.4. The van der Waals surface area contributed by atoms with E-state index >= 15 is 0 Å². The van der Waals surface area contributed by atoms with E-state index in [9.17, 15) is 39.3 Å². The molecule has 1 aromatic rings. The molecule has 3 amide bonds. The number of thioether (sulfide) groups is 1. The van der Waals surface area contributed by atoms with E-state index in [0.717, 1.165) is 0 Å². The van der Waals surface area contributed by atoms with Crippen LogP contribution in [-0.2, 0) is 30.4 Å². The van der Waals surface area contributed by atoms with Crippen molar-refractivity contribution in [3.05, 3.63) is 29.8 Å². The first-order chi connectivity index (χ1) is 16.8. The lowest BCUT2D eigenvalue weighted by molar-refractivity contribution is -0.144. The second kappa shape index (κ2) is 14.9.